The van der Waals surface area contributed by atoms with Gasteiger partial charge in [-0.2, -0.15) is 0 Å². The maximum Gasteiger partial charge on any atom is 0.410 e. The van der Waals surface area contributed by atoms with Crippen molar-refractivity contribution in [3.05, 3.63) is 0 Å². The summed E-state index contributed by atoms with van der Waals surface area (Å²) in [4.78, 5) is 13.5. The molecule has 1 aliphatic rings. The van der Waals surface area contributed by atoms with Crippen molar-refractivity contribution in [3.63, 3.8) is 0 Å². The number of amides is 1. The Balaban J connectivity index is 2.32. The van der Waals surface area contributed by atoms with E-state index in [1.54, 1.807) is 4.90 Å². The van der Waals surface area contributed by atoms with Crippen molar-refractivity contribution in [2.45, 2.75) is 51.9 Å². The van der Waals surface area contributed by atoms with Crippen LogP contribution >= 0.6 is 0 Å². The van der Waals surface area contributed by atoms with Gasteiger partial charge >= 0.3 is 6.09 Å². The van der Waals surface area contributed by atoms with Gasteiger partial charge in [-0.15, -0.1) is 0 Å². The lowest BCUT2D eigenvalue weighted by Crippen LogP contribution is -2.36. The van der Waals surface area contributed by atoms with Gasteiger partial charge in [-0.3, -0.25) is 0 Å². The average Bonchev–Trinajstić information content (AvgIpc) is 2.60. The molecule has 100 valence electrons. The van der Waals surface area contributed by atoms with Crippen molar-refractivity contribution < 1.29 is 14.3 Å². The SMILES string of the molecule is CC(N)COC1CCN(C(=O)OC(C)(C)C)C1. The van der Waals surface area contributed by atoms with E-state index in [-0.39, 0.29) is 18.2 Å². The van der Waals surface area contributed by atoms with E-state index in [0.717, 1.165) is 6.42 Å². The number of likely N-dealkylation sites (tertiary alicyclic amines) is 1. The van der Waals surface area contributed by atoms with Gasteiger partial charge < -0.3 is 20.1 Å². The Labute approximate surface area is 103 Å². The molecule has 0 aliphatic carbocycles. The maximum absolute atomic E-state index is 11.8. The summed E-state index contributed by atoms with van der Waals surface area (Å²) in [7, 11) is 0. The van der Waals surface area contributed by atoms with E-state index in [9.17, 15) is 4.79 Å². The highest BCUT2D eigenvalue weighted by molar-refractivity contribution is 5.68. The number of ether oxygens (including phenoxy) is 2. The second-order valence-corrected chi connectivity index (χ2v) is 5.65. The number of hydrogen-bond donors (Lipinski definition) is 1. The molecule has 5 heteroatoms. The van der Waals surface area contributed by atoms with E-state index in [4.69, 9.17) is 15.2 Å². The zero-order chi connectivity index (χ0) is 13.1. The lowest BCUT2D eigenvalue weighted by molar-refractivity contribution is 0.0200. The summed E-state index contributed by atoms with van der Waals surface area (Å²) in [5, 5.41) is 0. The molecular formula is C12H24N2O3. The summed E-state index contributed by atoms with van der Waals surface area (Å²) in [5.41, 5.74) is 5.18. The van der Waals surface area contributed by atoms with E-state index in [2.05, 4.69) is 0 Å². The number of nitrogens with zero attached hydrogens (tertiary/aromatic N) is 1. The molecule has 0 aromatic heterocycles. The second-order valence-electron chi connectivity index (χ2n) is 5.65. The fraction of sp³-hybridized carbons (Fsp3) is 0.917. The molecule has 0 aromatic carbocycles. The van der Waals surface area contributed by atoms with Crippen LogP contribution in [0.15, 0.2) is 0 Å². The molecule has 0 saturated carbocycles. The molecule has 0 radical (unpaired) electrons. The van der Waals surface area contributed by atoms with E-state index < -0.39 is 5.60 Å². The van der Waals surface area contributed by atoms with Crippen LogP contribution in [0.2, 0.25) is 0 Å². The fourth-order valence-electron chi connectivity index (χ4n) is 1.64. The largest absolute Gasteiger partial charge is 0.444 e. The monoisotopic (exact) mass is 244 g/mol. The highest BCUT2D eigenvalue weighted by atomic mass is 16.6. The van der Waals surface area contributed by atoms with Crippen LogP contribution in [0.25, 0.3) is 0 Å². The maximum atomic E-state index is 11.8. The normalized spacial score (nSPS) is 22.6. The predicted octanol–water partition coefficient (Wildman–Crippen LogP) is 1.36. The van der Waals surface area contributed by atoms with Crippen molar-refractivity contribution in [3.8, 4) is 0 Å². The standard InChI is InChI=1S/C12H24N2O3/c1-9(13)8-16-10-5-6-14(7-10)11(15)17-12(2,3)4/h9-10H,5-8,13H2,1-4H3. The summed E-state index contributed by atoms with van der Waals surface area (Å²) in [6, 6.07) is 0.0329. The Bertz CT molecular complexity index is 261. The van der Waals surface area contributed by atoms with Crippen molar-refractivity contribution in [2.24, 2.45) is 5.73 Å². The van der Waals surface area contributed by atoms with Crippen molar-refractivity contribution in [2.75, 3.05) is 19.7 Å². The molecule has 0 aromatic rings. The van der Waals surface area contributed by atoms with Gasteiger partial charge in [0.05, 0.1) is 19.3 Å². The molecule has 1 saturated heterocycles. The highest BCUT2D eigenvalue weighted by Crippen LogP contribution is 2.17. The van der Waals surface area contributed by atoms with Crippen LogP contribution in [0.4, 0.5) is 4.79 Å². The first kappa shape index (κ1) is 14.3. The van der Waals surface area contributed by atoms with E-state index >= 15 is 0 Å². The minimum Gasteiger partial charge on any atom is -0.444 e. The Morgan fingerprint density at radius 3 is 2.71 bits per heavy atom. The molecule has 5 nitrogen and oxygen atoms in total. The molecule has 1 rings (SSSR count). The molecular weight excluding hydrogens is 220 g/mol. The summed E-state index contributed by atoms with van der Waals surface area (Å²) < 4.78 is 10.9. The van der Waals surface area contributed by atoms with Gasteiger partial charge in [0, 0.05) is 12.6 Å². The first-order chi connectivity index (χ1) is 7.78. The van der Waals surface area contributed by atoms with Gasteiger partial charge in [-0.05, 0) is 34.1 Å². The molecule has 1 heterocycles. The summed E-state index contributed by atoms with van der Waals surface area (Å²) in [6.45, 7) is 9.33. The summed E-state index contributed by atoms with van der Waals surface area (Å²) in [5.74, 6) is 0. The first-order valence-electron chi connectivity index (χ1n) is 6.13. The van der Waals surface area contributed by atoms with Gasteiger partial charge in [0.1, 0.15) is 5.60 Å². The second kappa shape index (κ2) is 5.69. The third-order valence-electron chi connectivity index (χ3n) is 2.39. The van der Waals surface area contributed by atoms with Crippen molar-refractivity contribution >= 4 is 6.09 Å². The van der Waals surface area contributed by atoms with Crippen LogP contribution in [0.3, 0.4) is 0 Å². The zero-order valence-corrected chi connectivity index (χ0v) is 11.2. The fourth-order valence-corrected chi connectivity index (χ4v) is 1.64. The average molecular weight is 244 g/mol. The van der Waals surface area contributed by atoms with E-state index in [1.807, 2.05) is 27.7 Å². The molecule has 1 fully saturated rings. The molecule has 2 N–H and O–H groups in total. The van der Waals surface area contributed by atoms with Crippen LogP contribution in [0, 0.1) is 0 Å². The van der Waals surface area contributed by atoms with Crippen molar-refractivity contribution in [1.29, 1.82) is 0 Å². The third-order valence-corrected chi connectivity index (χ3v) is 2.39. The van der Waals surface area contributed by atoms with Crippen LogP contribution in [0.1, 0.15) is 34.1 Å². The molecule has 1 aliphatic heterocycles. The minimum atomic E-state index is -0.443. The van der Waals surface area contributed by atoms with Crippen LogP contribution in [-0.4, -0.2) is 48.4 Å². The molecule has 0 spiro atoms. The topological polar surface area (TPSA) is 64.8 Å². The number of carbonyl (C=O) groups excluding carboxylic acids is 1. The van der Waals surface area contributed by atoms with Gasteiger partial charge in [0.15, 0.2) is 0 Å². The summed E-state index contributed by atoms with van der Waals surface area (Å²) >= 11 is 0. The minimum absolute atomic E-state index is 0.0329. The van der Waals surface area contributed by atoms with Gasteiger partial charge in [0.2, 0.25) is 0 Å². The lowest BCUT2D eigenvalue weighted by atomic mass is 10.2. The number of rotatable bonds is 3. The van der Waals surface area contributed by atoms with Crippen LogP contribution in [-0.2, 0) is 9.47 Å². The number of nitrogens with two attached hydrogens (primary N) is 1. The molecule has 17 heavy (non-hydrogen) atoms. The molecule has 0 bridgehead atoms. The molecule has 2 unspecified atom stereocenters. The summed E-state index contributed by atoms with van der Waals surface area (Å²) in [6.07, 6.45) is 0.685. The lowest BCUT2D eigenvalue weighted by Gasteiger charge is -2.24. The van der Waals surface area contributed by atoms with Gasteiger partial charge in [-0.25, -0.2) is 4.79 Å². The Morgan fingerprint density at radius 1 is 1.53 bits per heavy atom. The van der Waals surface area contributed by atoms with Crippen molar-refractivity contribution in [1.82, 2.24) is 4.90 Å². The highest BCUT2D eigenvalue weighted by Gasteiger charge is 2.30. The van der Waals surface area contributed by atoms with Crippen LogP contribution in [0.5, 0.6) is 0 Å². The Morgan fingerprint density at radius 2 is 2.18 bits per heavy atom. The third kappa shape index (κ3) is 5.37. The van der Waals surface area contributed by atoms with E-state index in [1.165, 1.54) is 0 Å². The molecule has 1 amide bonds. The Hall–Kier alpha value is -0.810. The quantitative estimate of drug-likeness (QED) is 0.814. The molecule has 2 atom stereocenters. The first-order valence-corrected chi connectivity index (χ1v) is 6.13. The van der Waals surface area contributed by atoms with Gasteiger partial charge in [0.25, 0.3) is 0 Å². The van der Waals surface area contributed by atoms with Crippen LogP contribution < -0.4 is 5.73 Å². The zero-order valence-electron chi connectivity index (χ0n) is 11.2. The van der Waals surface area contributed by atoms with E-state index in [0.29, 0.717) is 19.7 Å². The predicted molar refractivity (Wildman–Crippen MR) is 65.8 cm³/mol. The Kier molecular flexibility index (Phi) is 4.77. The smallest absolute Gasteiger partial charge is 0.410 e. The van der Waals surface area contributed by atoms with Gasteiger partial charge in [-0.1, -0.05) is 0 Å². The number of carbonyl (C=O) groups is 1. The number of hydrogen-bond acceptors (Lipinski definition) is 4.